The summed E-state index contributed by atoms with van der Waals surface area (Å²) in [5.41, 5.74) is 1.49. The quantitative estimate of drug-likeness (QED) is 0.888. The van der Waals surface area contributed by atoms with Crippen molar-refractivity contribution in [3.05, 3.63) is 44.7 Å². The molecule has 0 saturated carbocycles. The van der Waals surface area contributed by atoms with E-state index in [1.165, 1.54) is 10.4 Å². The van der Waals surface area contributed by atoms with Gasteiger partial charge in [0.15, 0.2) is 0 Å². The maximum absolute atomic E-state index is 4.33. The molecule has 0 aliphatic heterocycles. The Labute approximate surface area is 121 Å². The smallest absolute Gasteiger partial charge is 0.125 e. The average molecular weight is 325 g/mol. The van der Waals surface area contributed by atoms with Gasteiger partial charge >= 0.3 is 0 Å². The molecule has 2 aromatic heterocycles. The minimum absolute atomic E-state index is 0.118. The van der Waals surface area contributed by atoms with E-state index >= 15 is 0 Å². The van der Waals surface area contributed by atoms with Crippen LogP contribution in [0.5, 0.6) is 0 Å². The molecule has 2 nitrogen and oxygen atoms in total. The van der Waals surface area contributed by atoms with Gasteiger partial charge in [-0.05, 0) is 52.0 Å². The fraction of sp³-hybridized carbons (Fsp3) is 0.357. The number of rotatable bonds is 4. The van der Waals surface area contributed by atoms with Gasteiger partial charge in [0.1, 0.15) is 5.82 Å². The summed E-state index contributed by atoms with van der Waals surface area (Å²) in [6, 6.07) is 6.17. The SMILES string of the molecule is Cc1ccsc1C(C)(C)CNc1ccc(Br)cn1. The van der Waals surface area contributed by atoms with Crippen molar-refractivity contribution in [1.29, 1.82) is 0 Å². The maximum Gasteiger partial charge on any atom is 0.125 e. The molecule has 0 spiro atoms. The van der Waals surface area contributed by atoms with Gasteiger partial charge in [-0.25, -0.2) is 4.98 Å². The van der Waals surface area contributed by atoms with Crippen LogP contribution in [0.4, 0.5) is 5.82 Å². The van der Waals surface area contributed by atoms with Crippen LogP contribution in [0.1, 0.15) is 24.3 Å². The Hall–Kier alpha value is -0.870. The third kappa shape index (κ3) is 3.12. The Morgan fingerprint density at radius 2 is 2.11 bits per heavy atom. The standard InChI is InChI=1S/C14H17BrN2S/c1-10-6-7-18-13(10)14(2,3)9-17-12-5-4-11(15)8-16-12/h4-8H,9H2,1-3H3,(H,16,17). The fourth-order valence-electron chi connectivity index (χ4n) is 1.94. The molecule has 1 N–H and O–H groups in total. The molecule has 0 radical (unpaired) electrons. The second-order valence-electron chi connectivity index (χ2n) is 5.03. The first-order chi connectivity index (χ1) is 8.49. The first-order valence-electron chi connectivity index (χ1n) is 5.89. The summed E-state index contributed by atoms with van der Waals surface area (Å²) < 4.78 is 1.00. The summed E-state index contributed by atoms with van der Waals surface area (Å²) in [6.07, 6.45) is 1.81. The van der Waals surface area contributed by atoms with E-state index in [1.807, 2.05) is 29.7 Å². The third-order valence-corrected chi connectivity index (χ3v) is 4.77. The number of aromatic nitrogens is 1. The van der Waals surface area contributed by atoms with E-state index in [4.69, 9.17) is 0 Å². The first kappa shape index (κ1) is 13.6. The highest BCUT2D eigenvalue weighted by Gasteiger charge is 2.23. The lowest BCUT2D eigenvalue weighted by Crippen LogP contribution is -2.27. The third-order valence-electron chi connectivity index (χ3n) is 2.92. The second kappa shape index (κ2) is 5.41. The van der Waals surface area contributed by atoms with Gasteiger partial charge < -0.3 is 5.32 Å². The molecule has 0 aliphatic rings. The Bertz CT molecular complexity index is 517. The van der Waals surface area contributed by atoms with Crippen molar-refractivity contribution in [1.82, 2.24) is 4.98 Å². The molecular weight excluding hydrogens is 308 g/mol. The molecule has 2 heterocycles. The van der Waals surface area contributed by atoms with Crippen molar-refractivity contribution < 1.29 is 0 Å². The van der Waals surface area contributed by atoms with E-state index in [2.05, 4.69) is 58.4 Å². The molecule has 0 aromatic carbocycles. The summed E-state index contributed by atoms with van der Waals surface area (Å²) in [4.78, 5) is 5.77. The van der Waals surface area contributed by atoms with Crippen molar-refractivity contribution >= 4 is 33.1 Å². The predicted molar refractivity (Wildman–Crippen MR) is 82.5 cm³/mol. The zero-order chi connectivity index (χ0) is 13.2. The molecule has 0 saturated heterocycles. The van der Waals surface area contributed by atoms with Crippen LogP contribution in [0.3, 0.4) is 0 Å². The molecule has 0 amide bonds. The molecular formula is C14H17BrN2S. The highest BCUT2D eigenvalue weighted by Crippen LogP contribution is 2.31. The monoisotopic (exact) mass is 324 g/mol. The van der Waals surface area contributed by atoms with Crippen LogP contribution in [0.2, 0.25) is 0 Å². The van der Waals surface area contributed by atoms with E-state index in [9.17, 15) is 0 Å². The number of pyridine rings is 1. The van der Waals surface area contributed by atoms with E-state index < -0.39 is 0 Å². The van der Waals surface area contributed by atoms with Gasteiger partial charge in [0, 0.05) is 27.5 Å². The molecule has 0 bridgehead atoms. The summed E-state index contributed by atoms with van der Waals surface area (Å²) >= 11 is 5.21. The van der Waals surface area contributed by atoms with Gasteiger partial charge in [-0.2, -0.15) is 0 Å². The zero-order valence-electron chi connectivity index (χ0n) is 10.8. The van der Waals surface area contributed by atoms with Crippen LogP contribution in [0, 0.1) is 6.92 Å². The molecule has 96 valence electrons. The van der Waals surface area contributed by atoms with E-state index in [0.29, 0.717) is 0 Å². The predicted octanol–water partition coefficient (Wildman–Crippen LogP) is 4.60. The van der Waals surface area contributed by atoms with Crippen LogP contribution in [0.15, 0.2) is 34.2 Å². The number of hydrogen-bond acceptors (Lipinski definition) is 3. The first-order valence-corrected chi connectivity index (χ1v) is 7.56. The minimum atomic E-state index is 0.118. The Morgan fingerprint density at radius 1 is 1.33 bits per heavy atom. The Kier molecular flexibility index (Phi) is 4.07. The number of aryl methyl sites for hydroxylation is 1. The zero-order valence-corrected chi connectivity index (χ0v) is 13.2. The summed E-state index contributed by atoms with van der Waals surface area (Å²) in [5, 5.41) is 5.56. The van der Waals surface area contributed by atoms with Gasteiger partial charge in [-0.15, -0.1) is 11.3 Å². The molecule has 0 fully saturated rings. The van der Waals surface area contributed by atoms with Crippen molar-refractivity contribution in [2.24, 2.45) is 0 Å². The Balaban J connectivity index is 2.05. The number of anilines is 1. The van der Waals surface area contributed by atoms with Gasteiger partial charge in [0.05, 0.1) is 0 Å². The molecule has 0 atom stereocenters. The largest absolute Gasteiger partial charge is 0.369 e. The van der Waals surface area contributed by atoms with Crippen LogP contribution >= 0.6 is 27.3 Å². The lowest BCUT2D eigenvalue weighted by molar-refractivity contribution is 0.565. The number of nitrogens with zero attached hydrogens (tertiary/aromatic N) is 1. The van der Waals surface area contributed by atoms with Crippen molar-refractivity contribution in [3.63, 3.8) is 0 Å². The number of nitrogens with one attached hydrogen (secondary N) is 1. The number of thiophene rings is 1. The van der Waals surface area contributed by atoms with Gasteiger partial charge in [0.25, 0.3) is 0 Å². The normalized spacial score (nSPS) is 11.6. The molecule has 4 heteroatoms. The molecule has 0 aliphatic carbocycles. The number of halogens is 1. The molecule has 2 aromatic rings. The van der Waals surface area contributed by atoms with Crippen LogP contribution < -0.4 is 5.32 Å². The highest BCUT2D eigenvalue weighted by atomic mass is 79.9. The highest BCUT2D eigenvalue weighted by molar-refractivity contribution is 9.10. The molecule has 18 heavy (non-hydrogen) atoms. The van der Waals surface area contributed by atoms with Crippen LogP contribution in [0.25, 0.3) is 0 Å². The molecule has 2 rings (SSSR count). The lowest BCUT2D eigenvalue weighted by atomic mass is 9.89. The lowest BCUT2D eigenvalue weighted by Gasteiger charge is -2.25. The van der Waals surface area contributed by atoms with Crippen molar-refractivity contribution in [2.45, 2.75) is 26.2 Å². The van der Waals surface area contributed by atoms with E-state index in [0.717, 1.165) is 16.8 Å². The van der Waals surface area contributed by atoms with Gasteiger partial charge in [0.2, 0.25) is 0 Å². The molecule has 0 unspecified atom stereocenters. The fourth-order valence-corrected chi connectivity index (χ4v) is 3.23. The average Bonchev–Trinajstić information content (AvgIpc) is 2.76. The van der Waals surface area contributed by atoms with E-state index in [-0.39, 0.29) is 5.41 Å². The number of hydrogen-bond donors (Lipinski definition) is 1. The van der Waals surface area contributed by atoms with Gasteiger partial charge in [-0.3, -0.25) is 0 Å². The van der Waals surface area contributed by atoms with Crippen molar-refractivity contribution in [3.8, 4) is 0 Å². The topological polar surface area (TPSA) is 24.9 Å². The van der Waals surface area contributed by atoms with E-state index in [1.54, 1.807) is 0 Å². The summed E-state index contributed by atoms with van der Waals surface area (Å²) in [6.45, 7) is 7.57. The summed E-state index contributed by atoms with van der Waals surface area (Å²) in [5.74, 6) is 0.917. The summed E-state index contributed by atoms with van der Waals surface area (Å²) in [7, 11) is 0. The second-order valence-corrected chi connectivity index (χ2v) is 6.86. The van der Waals surface area contributed by atoms with Crippen LogP contribution in [-0.2, 0) is 5.41 Å². The maximum atomic E-state index is 4.33. The van der Waals surface area contributed by atoms with Crippen molar-refractivity contribution in [2.75, 3.05) is 11.9 Å². The minimum Gasteiger partial charge on any atom is -0.369 e. The van der Waals surface area contributed by atoms with Crippen LogP contribution in [-0.4, -0.2) is 11.5 Å². The van der Waals surface area contributed by atoms with Gasteiger partial charge in [-0.1, -0.05) is 13.8 Å². The Morgan fingerprint density at radius 3 is 2.67 bits per heavy atom.